The van der Waals surface area contributed by atoms with Crippen LogP contribution >= 0.6 is 11.3 Å². The van der Waals surface area contributed by atoms with E-state index >= 15 is 0 Å². The summed E-state index contributed by atoms with van der Waals surface area (Å²) in [4.78, 5) is 43.3. The molecule has 0 bridgehead atoms. The van der Waals surface area contributed by atoms with Crippen molar-refractivity contribution in [1.82, 2.24) is 15.1 Å². The van der Waals surface area contributed by atoms with E-state index in [0.29, 0.717) is 19.5 Å². The molecule has 0 radical (unpaired) electrons. The van der Waals surface area contributed by atoms with Crippen LogP contribution in [-0.2, 0) is 27.4 Å². The van der Waals surface area contributed by atoms with Crippen molar-refractivity contribution in [2.75, 3.05) is 19.7 Å². The minimum atomic E-state index is -0.505. The molecule has 1 heterocycles. The summed E-state index contributed by atoms with van der Waals surface area (Å²) in [7, 11) is 0. The second kappa shape index (κ2) is 12.9. The van der Waals surface area contributed by atoms with Gasteiger partial charge in [0.2, 0.25) is 5.91 Å². The molecule has 1 aromatic carbocycles. The highest BCUT2D eigenvalue weighted by atomic mass is 32.1. The lowest BCUT2D eigenvalue weighted by molar-refractivity contribution is -0.141. The van der Waals surface area contributed by atoms with Crippen LogP contribution in [0.25, 0.3) is 0 Å². The predicted octanol–water partition coefficient (Wildman–Crippen LogP) is 3.96. The van der Waals surface area contributed by atoms with Gasteiger partial charge in [-0.3, -0.25) is 9.59 Å². The second-order valence-electron chi connectivity index (χ2n) is 7.60. The highest BCUT2D eigenvalue weighted by Crippen LogP contribution is 2.19. The zero-order valence-electron chi connectivity index (χ0n) is 19.3. The monoisotopic (exact) mass is 459 g/mol. The normalized spacial score (nSPS) is 11.5. The van der Waals surface area contributed by atoms with E-state index < -0.39 is 12.0 Å². The Morgan fingerprint density at radius 2 is 1.78 bits per heavy atom. The Morgan fingerprint density at radius 3 is 2.38 bits per heavy atom. The molecule has 1 aromatic heterocycles. The fraction of sp³-hybridized carbons (Fsp3) is 0.458. The van der Waals surface area contributed by atoms with Crippen molar-refractivity contribution < 1.29 is 19.1 Å². The average Bonchev–Trinajstić information content (AvgIpc) is 3.20. The Bertz CT molecular complexity index is 884. The molecule has 0 spiro atoms. The summed E-state index contributed by atoms with van der Waals surface area (Å²) >= 11 is 1.66. The second-order valence-corrected chi connectivity index (χ2v) is 8.97. The quantitative estimate of drug-likeness (QED) is 0.516. The van der Waals surface area contributed by atoms with Gasteiger partial charge in [-0.1, -0.05) is 37.3 Å². The number of rotatable bonds is 11. The van der Waals surface area contributed by atoms with Crippen LogP contribution in [0.2, 0.25) is 0 Å². The van der Waals surface area contributed by atoms with Gasteiger partial charge < -0.3 is 19.9 Å². The summed E-state index contributed by atoms with van der Waals surface area (Å²) in [5.41, 5.74) is 1.02. The van der Waals surface area contributed by atoms with Crippen LogP contribution in [0, 0.1) is 6.92 Å². The first kappa shape index (κ1) is 25.4. The van der Waals surface area contributed by atoms with Crippen LogP contribution in [0.4, 0.5) is 4.79 Å². The van der Waals surface area contributed by atoms with Gasteiger partial charge in [-0.25, -0.2) is 4.79 Å². The lowest BCUT2D eigenvalue weighted by atomic mass is 10.2. The molecule has 0 saturated heterocycles. The van der Waals surface area contributed by atoms with Crippen LogP contribution in [-0.4, -0.2) is 53.4 Å². The van der Waals surface area contributed by atoms with E-state index in [-0.39, 0.29) is 31.6 Å². The number of carbonyl (C=O) groups is 3. The molecule has 2 rings (SSSR count). The van der Waals surface area contributed by atoms with Gasteiger partial charge in [0, 0.05) is 22.3 Å². The van der Waals surface area contributed by atoms with Crippen LogP contribution in [0.15, 0.2) is 42.5 Å². The standard InChI is InChI=1S/C24H33N3O4S/c1-5-18(3)27(24(30)25-14-23(29)31-6-2)17-22(28)26(15-20-10-8-7-9-11-20)16-21-13-12-19(4)32-21/h7-13,18H,5-6,14-17H2,1-4H3,(H,25,30). The number of esters is 1. The maximum atomic E-state index is 13.4. The summed E-state index contributed by atoms with van der Waals surface area (Å²) in [6, 6.07) is 13.3. The van der Waals surface area contributed by atoms with E-state index in [1.807, 2.05) is 63.2 Å². The SMILES string of the molecule is CCOC(=O)CNC(=O)N(CC(=O)N(Cc1ccccc1)Cc1ccc(C)s1)C(C)CC. The van der Waals surface area contributed by atoms with Crippen molar-refractivity contribution in [3.05, 3.63) is 57.8 Å². The number of carbonyl (C=O) groups excluding carboxylic acids is 3. The first-order valence-electron chi connectivity index (χ1n) is 10.9. The van der Waals surface area contributed by atoms with Crippen LogP contribution in [0.1, 0.15) is 42.5 Å². The molecule has 0 aliphatic heterocycles. The number of nitrogens with zero attached hydrogens (tertiary/aromatic N) is 2. The molecule has 0 fully saturated rings. The molecule has 0 aliphatic rings. The summed E-state index contributed by atoms with van der Waals surface area (Å²) in [6.45, 7) is 8.48. The predicted molar refractivity (Wildman–Crippen MR) is 126 cm³/mol. The molecule has 1 unspecified atom stereocenters. The minimum Gasteiger partial charge on any atom is -0.465 e. The molecule has 7 nitrogen and oxygen atoms in total. The summed E-state index contributed by atoms with van der Waals surface area (Å²) in [5, 5.41) is 2.57. The van der Waals surface area contributed by atoms with Gasteiger partial charge in [0.15, 0.2) is 0 Å². The lowest BCUT2D eigenvalue weighted by Crippen LogP contribution is -2.51. The molecular formula is C24H33N3O4S. The summed E-state index contributed by atoms with van der Waals surface area (Å²) < 4.78 is 4.87. The number of benzene rings is 1. The third-order valence-electron chi connectivity index (χ3n) is 5.09. The number of amides is 3. The highest BCUT2D eigenvalue weighted by molar-refractivity contribution is 7.11. The number of nitrogens with one attached hydrogen (secondary N) is 1. The summed E-state index contributed by atoms with van der Waals surface area (Å²) in [6.07, 6.45) is 0.683. The van der Waals surface area contributed by atoms with Crippen molar-refractivity contribution in [3.63, 3.8) is 0 Å². The van der Waals surface area contributed by atoms with Gasteiger partial charge in [-0.2, -0.15) is 0 Å². The molecule has 1 N–H and O–H groups in total. The molecule has 174 valence electrons. The van der Waals surface area contributed by atoms with E-state index in [9.17, 15) is 14.4 Å². The Hall–Kier alpha value is -2.87. The fourth-order valence-electron chi connectivity index (χ4n) is 3.15. The minimum absolute atomic E-state index is 0.0686. The number of hydrogen-bond acceptors (Lipinski definition) is 5. The van der Waals surface area contributed by atoms with E-state index in [2.05, 4.69) is 5.32 Å². The molecule has 8 heteroatoms. The lowest BCUT2D eigenvalue weighted by Gasteiger charge is -2.31. The molecule has 0 saturated carbocycles. The molecule has 2 aromatic rings. The van der Waals surface area contributed by atoms with E-state index in [1.54, 1.807) is 23.2 Å². The Balaban J connectivity index is 2.14. The summed E-state index contributed by atoms with van der Waals surface area (Å²) in [5.74, 6) is -0.651. The van der Waals surface area contributed by atoms with E-state index in [0.717, 1.165) is 10.4 Å². The molecule has 3 amide bonds. The fourth-order valence-corrected chi connectivity index (χ4v) is 4.06. The zero-order valence-corrected chi connectivity index (χ0v) is 20.1. The average molecular weight is 460 g/mol. The number of aryl methyl sites for hydroxylation is 1. The smallest absolute Gasteiger partial charge is 0.325 e. The van der Waals surface area contributed by atoms with Gasteiger partial charge >= 0.3 is 12.0 Å². The van der Waals surface area contributed by atoms with Crippen molar-refractivity contribution in [3.8, 4) is 0 Å². The van der Waals surface area contributed by atoms with Gasteiger partial charge in [-0.15, -0.1) is 11.3 Å². The van der Waals surface area contributed by atoms with E-state index in [1.165, 1.54) is 9.78 Å². The maximum Gasteiger partial charge on any atom is 0.325 e. The first-order valence-corrected chi connectivity index (χ1v) is 11.7. The van der Waals surface area contributed by atoms with Crippen molar-refractivity contribution in [2.45, 2.75) is 53.2 Å². The molecule has 0 aliphatic carbocycles. The van der Waals surface area contributed by atoms with Crippen LogP contribution < -0.4 is 5.32 Å². The Morgan fingerprint density at radius 1 is 1.06 bits per heavy atom. The molecule has 32 heavy (non-hydrogen) atoms. The number of urea groups is 1. The third-order valence-corrected chi connectivity index (χ3v) is 6.08. The van der Waals surface area contributed by atoms with Crippen molar-refractivity contribution >= 4 is 29.2 Å². The van der Waals surface area contributed by atoms with Crippen LogP contribution in [0.5, 0.6) is 0 Å². The third kappa shape index (κ3) is 8.00. The van der Waals surface area contributed by atoms with Gasteiger partial charge in [0.1, 0.15) is 13.1 Å². The maximum absolute atomic E-state index is 13.4. The van der Waals surface area contributed by atoms with E-state index in [4.69, 9.17) is 4.74 Å². The molecule has 1 atom stereocenters. The van der Waals surface area contributed by atoms with Crippen molar-refractivity contribution in [1.29, 1.82) is 0 Å². The number of ether oxygens (including phenoxy) is 1. The van der Waals surface area contributed by atoms with Gasteiger partial charge in [0.25, 0.3) is 0 Å². The van der Waals surface area contributed by atoms with Crippen LogP contribution in [0.3, 0.4) is 0 Å². The first-order chi connectivity index (χ1) is 15.3. The Kier molecular flexibility index (Phi) is 10.2. The number of hydrogen-bond donors (Lipinski definition) is 1. The Labute approximate surface area is 194 Å². The zero-order chi connectivity index (χ0) is 23.5. The van der Waals surface area contributed by atoms with Gasteiger partial charge in [-0.05, 0) is 44.9 Å². The van der Waals surface area contributed by atoms with Crippen molar-refractivity contribution in [2.24, 2.45) is 0 Å². The topological polar surface area (TPSA) is 79.0 Å². The molecular weight excluding hydrogens is 426 g/mol. The van der Waals surface area contributed by atoms with Gasteiger partial charge in [0.05, 0.1) is 13.2 Å². The largest absolute Gasteiger partial charge is 0.465 e. The highest BCUT2D eigenvalue weighted by Gasteiger charge is 2.25. The number of thiophene rings is 1.